The van der Waals surface area contributed by atoms with E-state index >= 15 is 0 Å². The van der Waals surface area contributed by atoms with Crippen molar-refractivity contribution in [2.45, 2.75) is 43.3 Å². The maximum Gasteiger partial charge on any atom is 0.267 e. The van der Waals surface area contributed by atoms with Crippen LogP contribution in [-0.2, 0) is 16.6 Å². The predicted molar refractivity (Wildman–Crippen MR) is 119 cm³/mol. The Kier molecular flexibility index (Phi) is 6.08. The van der Waals surface area contributed by atoms with Crippen LogP contribution in [-0.4, -0.2) is 54.3 Å². The van der Waals surface area contributed by atoms with E-state index in [0.717, 1.165) is 29.3 Å². The van der Waals surface area contributed by atoms with E-state index in [1.165, 1.54) is 4.31 Å². The van der Waals surface area contributed by atoms with Crippen LogP contribution in [0.25, 0.3) is 10.9 Å². The van der Waals surface area contributed by atoms with Gasteiger partial charge in [0.05, 0.1) is 4.90 Å². The highest BCUT2D eigenvalue weighted by atomic mass is 32.2. The molecular weight excluding hydrogens is 414 g/mol. The Bertz CT molecular complexity index is 1140. The minimum atomic E-state index is -3.55. The number of nitrogens with zero attached hydrogens (tertiary/aromatic N) is 2. The van der Waals surface area contributed by atoms with Crippen LogP contribution in [0.3, 0.4) is 0 Å². The van der Waals surface area contributed by atoms with Crippen molar-refractivity contribution < 1.29 is 13.2 Å². The summed E-state index contributed by atoms with van der Waals surface area (Å²) in [5.41, 5.74) is 2.12. The average Bonchev–Trinajstić information content (AvgIpc) is 3.38. The lowest BCUT2D eigenvalue weighted by atomic mass is 10.2. The lowest BCUT2D eigenvalue weighted by molar-refractivity contribution is 0.0946. The molecule has 2 aromatic heterocycles. The molecule has 1 aliphatic rings. The summed E-state index contributed by atoms with van der Waals surface area (Å²) in [5.74, 6) is -0.231. The standard InChI is InChI=1S/C22H27N5O3S/c1-15-3-6-18(25-15)14-27(2)31(29,30)19-7-4-16(5-8-19)12-24-22(28)21-11-17-13-23-10-9-20(17)26-21/h4-5,7-11,13,15,18,25-26H,3,6,12,14H2,1-2H3,(H,24,28). The Balaban J connectivity index is 1.36. The van der Waals surface area contributed by atoms with Gasteiger partial charge in [0.2, 0.25) is 10.0 Å². The first-order valence-electron chi connectivity index (χ1n) is 10.3. The second kappa shape index (κ2) is 8.78. The predicted octanol–water partition coefficient (Wildman–Crippen LogP) is 2.25. The molecule has 2 atom stereocenters. The second-order valence-corrected chi connectivity index (χ2v) is 10.1. The molecule has 0 aliphatic carbocycles. The van der Waals surface area contributed by atoms with Crippen LogP contribution in [0.2, 0.25) is 0 Å². The number of H-pyrrole nitrogens is 1. The number of aromatic amines is 1. The van der Waals surface area contributed by atoms with Gasteiger partial charge in [-0.3, -0.25) is 9.78 Å². The minimum Gasteiger partial charge on any atom is -0.350 e. The summed E-state index contributed by atoms with van der Waals surface area (Å²) in [6, 6.07) is 10.8. The highest BCUT2D eigenvalue weighted by Gasteiger charge is 2.27. The second-order valence-electron chi connectivity index (χ2n) is 8.10. The Morgan fingerprint density at radius 3 is 2.68 bits per heavy atom. The van der Waals surface area contributed by atoms with Gasteiger partial charge in [-0.15, -0.1) is 0 Å². The van der Waals surface area contributed by atoms with Gasteiger partial charge >= 0.3 is 0 Å². The number of carbonyl (C=O) groups excluding carboxylic acids is 1. The molecule has 3 N–H and O–H groups in total. The van der Waals surface area contributed by atoms with Gasteiger partial charge in [-0.25, -0.2) is 8.42 Å². The van der Waals surface area contributed by atoms with Crippen LogP contribution < -0.4 is 10.6 Å². The molecule has 31 heavy (non-hydrogen) atoms. The lowest BCUT2D eigenvalue weighted by Gasteiger charge is -2.21. The van der Waals surface area contributed by atoms with E-state index in [0.29, 0.717) is 24.8 Å². The molecule has 3 heterocycles. The number of amides is 1. The third-order valence-electron chi connectivity index (χ3n) is 5.70. The Labute approximate surface area is 182 Å². The maximum absolute atomic E-state index is 12.9. The average molecular weight is 442 g/mol. The van der Waals surface area contributed by atoms with Crippen molar-refractivity contribution in [2.24, 2.45) is 0 Å². The highest BCUT2D eigenvalue weighted by Crippen LogP contribution is 2.19. The SMILES string of the molecule is CC1CCC(CN(C)S(=O)(=O)c2ccc(CNC(=O)c3cc4cnccc4[nH]3)cc2)N1. The van der Waals surface area contributed by atoms with Crippen molar-refractivity contribution in [3.8, 4) is 0 Å². The number of rotatable bonds is 7. The Morgan fingerprint density at radius 2 is 2.00 bits per heavy atom. The van der Waals surface area contributed by atoms with Crippen molar-refractivity contribution in [1.82, 2.24) is 24.9 Å². The van der Waals surface area contributed by atoms with Gasteiger partial charge in [-0.2, -0.15) is 4.31 Å². The van der Waals surface area contributed by atoms with Gasteiger partial charge in [-0.05, 0) is 49.6 Å². The summed E-state index contributed by atoms with van der Waals surface area (Å²) in [7, 11) is -1.94. The molecule has 0 saturated carbocycles. The maximum atomic E-state index is 12.9. The first-order valence-corrected chi connectivity index (χ1v) is 11.8. The molecule has 1 saturated heterocycles. The summed E-state index contributed by atoms with van der Waals surface area (Å²) in [6.07, 6.45) is 5.40. The zero-order valence-corrected chi connectivity index (χ0v) is 18.4. The molecule has 0 bridgehead atoms. The van der Waals surface area contributed by atoms with E-state index in [1.54, 1.807) is 49.8 Å². The molecule has 164 valence electrons. The summed E-state index contributed by atoms with van der Waals surface area (Å²) in [4.78, 5) is 19.8. The van der Waals surface area contributed by atoms with Gasteiger partial charge in [-0.1, -0.05) is 12.1 Å². The third-order valence-corrected chi connectivity index (χ3v) is 7.53. The number of nitrogens with one attached hydrogen (secondary N) is 3. The van der Waals surface area contributed by atoms with E-state index in [1.807, 2.05) is 6.07 Å². The number of hydrogen-bond donors (Lipinski definition) is 3. The molecular formula is C22H27N5O3S. The normalized spacial score (nSPS) is 19.2. The highest BCUT2D eigenvalue weighted by molar-refractivity contribution is 7.89. The molecule has 4 rings (SSSR count). The van der Waals surface area contributed by atoms with E-state index < -0.39 is 10.0 Å². The van der Waals surface area contributed by atoms with E-state index in [-0.39, 0.29) is 16.8 Å². The Hall–Kier alpha value is -2.75. The Morgan fingerprint density at radius 1 is 1.23 bits per heavy atom. The first kappa shape index (κ1) is 21.5. The molecule has 2 unspecified atom stereocenters. The third kappa shape index (κ3) is 4.79. The van der Waals surface area contributed by atoms with Crippen LogP contribution in [0.1, 0.15) is 35.8 Å². The zero-order chi connectivity index (χ0) is 22.0. The number of sulfonamides is 1. The number of carbonyl (C=O) groups is 1. The quantitative estimate of drug-likeness (QED) is 0.521. The van der Waals surface area contributed by atoms with Gasteiger partial charge in [0, 0.05) is 55.5 Å². The topological polar surface area (TPSA) is 107 Å². The fraction of sp³-hybridized carbons (Fsp3) is 0.364. The molecule has 0 spiro atoms. The van der Waals surface area contributed by atoms with E-state index in [2.05, 4.69) is 27.5 Å². The number of fused-ring (bicyclic) bond motifs is 1. The summed E-state index contributed by atoms with van der Waals surface area (Å²) >= 11 is 0. The van der Waals surface area contributed by atoms with Crippen LogP contribution in [0.15, 0.2) is 53.7 Å². The molecule has 9 heteroatoms. The van der Waals surface area contributed by atoms with Crippen LogP contribution in [0.4, 0.5) is 0 Å². The summed E-state index contributed by atoms with van der Waals surface area (Å²) < 4.78 is 27.1. The van der Waals surface area contributed by atoms with E-state index in [4.69, 9.17) is 0 Å². The molecule has 0 radical (unpaired) electrons. The molecule has 1 aliphatic heterocycles. The zero-order valence-electron chi connectivity index (χ0n) is 17.6. The van der Waals surface area contributed by atoms with Crippen LogP contribution >= 0.6 is 0 Å². The van der Waals surface area contributed by atoms with Crippen molar-refractivity contribution in [1.29, 1.82) is 0 Å². The number of hydrogen-bond acceptors (Lipinski definition) is 5. The van der Waals surface area contributed by atoms with Crippen molar-refractivity contribution in [3.05, 3.63) is 60.0 Å². The minimum absolute atomic E-state index is 0.185. The van der Waals surface area contributed by atoms with Crippen molar-refractivity contribution >= 4 is 26.8 Å². The lowest BCUT2D eigenvalue weighted by Crippen LogP contribution is -2.40. The van der Waals surface area contributed by atoms with E-state index in [9.17, 15) is 13.2 Å². The van der Waals surface area contributed by atoms with Crippen molar-refractivity contribution in [2.75, 3.05) is 13.6 Å². The number of benzene rings is 1. The van der Waals surface area contributed by atoms with Gasteiger partial charge < -0.3 is 15.6 Å². The van der Waals surface area contributed by atoms with Gasteiger partial charge in [0.25, 0.3) is 5.91 Å². The van der Waals surface area contributed by atoms with Crippen LogP contribution in [0, 0.1) is 0 Å². The van der Waals surface area contributed by atoms with Crippen LogP contribution in [0.5, 0.6) is 0 Å². The number of likely N-dealkylation sites (N-methyl/N-ethyl adjacent to an activating group) is 1. The first-order chi connectivity index (χ1) is 14.8. The number of aromatic nitrogens is 2. The van der Waals surface area contributed by atoms with Gasteiger partial charge in [0.15, 0.2) is 0 Å². The van der Waals surface area contributed by atoms with Gasteiger partial charge in [0.1, 0.15) is 5.69 Å². The smallest absolute Gasteiger partial charge is 0.267 e. The molecule has 1 aromatic carbocycles. The molecule has 8 nitrogen and oxygen atoms in total. The molecule has 1 amide bonds. The number of pyridine rings is 1. The monoisotopic (exact) mass is 441 g/mol. The molecule has 1 fully saturated rings. The largest absolute Gasteiger partial charge is 0.350 e. The fourth-order valence-electron chi connectivity index (χ4n) is 3.90. The summed E-state index contributed by atoms with van der Waals surface area (Å²) in [6.45, 7) is 2.86. The molecule has 3 aromatic rings. The fourth-order valence-corrected chi connectivity index (χ4v) is 5.12. The van der Waals surface area contributed by atoms with Crippen molar-refractivity contribution in [3.63, 3.8) is 0 Å². The summed E-state index contributed by atoms with van der Waals surface area (Å²) in [5, 5.41) is 7.13.